The van der Waals surface area contributed by atoms with Gasteiger partial charge in [-0.3, -0.25) is 14.2 Å². The van der Waals surface area contributed by atoms with Crippen LogP contribution in [0.2, 0.25) is 0 Å². The quantitative estimate of drug-likeness (QED) is 0.458. The van der Waals surface area contributed by atoms with Gasteiger partial charge in [0.25, 0.3) is 5.91 Å². The lowest BCUT2D eigenvalue weighted by Crippen LogP contribution is -2.34. The fourth-order valence-corrected chi connectivity index (χ4v) is 4.60. The lowest BCUT2D eigenvalue weighted by Gasteiger charge is -2.26. The Bertz CT molecular complexity index is 1340. The van der Waals surface area contributed by atoms with E-state index < -0.39 is 11.7 Å². The molecule has 1 aliphatic rings. The Morgan fingerprint density at radius 2 is 1.91 bits per heavy atom. The second-order valence-corrected chi connectivity index (χ2v) is 8.72. The molecule has 0 atom stereocenters. The standard InChI is InChI=1S/C24H23F3N6O/c25-24(26,27)17-6-7-18(30-10-17)13-32(12-15-3-1-2-4-15)23(34)16-5-8-19-20(9-16)33-14-29-11-21(33)22(28)31-19/h5-11,14-15H,1-4,12-13H2,(H2,28,31). The zero-order valence-electron chi connectivity index (χ0n) is 18.3. The summed E-state index contributed by atoms with van der Waals surface area (Å²) in [5.74, 6) is 0.501. The van der Waals surface area contributed by atoms with Gasteiger partial charge in [-0.05, 0) is 49.1 Å². The zero-order valence-corrected chi connectivity index (χ0v) is 18.3. The van der Waals surface area contributed by atoms with Crippen LogP contribution in [-0.2, 0) is 12.7 Å². The summed E-state index contributed by atoms with van der Waals surface area (Å²) in [6.07, 6.45) is 3.88. The number of imidazole rings is 1. The fourth-order valence-electron chi connectivity index (χ4n) is 4.60. The second kappa shape index (κ2) is 8.58. The predicted octanol–water partition coefficient (Wildman–Crippen LogP) is 4.71. The van der Waals surface area contributed by atoms with Crippen molar-refractivity contribution >= 4 is 28.3 Å². The number of anilines is 1. The van der Waals surface area contributed by atoms with Gasteiger partial charge < -0.3 is 10.6 Å². The lowest BCUT2D eigenvalue weighted by atomic mass is 10.1. The first-order valence-electron chi connectivity index (χ1n) is 11.1. The van der Waals surface area contributed by atoms with Gasteiger partial charge in [-0.15, -0.1) is 0 Å². The average Bonchev–Trinajstić information content (AvgIpc) is 3.51. The lowest BCUT2D eigenvalue weighted by molar-refractivity contribution is -0.137. The minimum atomic E-state index is -4.45. The van der Waals surface area contributed by atoms with Crippen LogP contribution in [0.15, 0.2) is 49.1 Å². The first kappa shape index (κ1) is 22.1. The molecule has 1 saturated carbocycles. The number of hydrogen-bond acceptors (Lipinski definition) is 5. The van der Waals surface area contributed by atoms with E-state index in [2.05, 4.69) is 15.0 Å². The summed E-state index contributed by atoms with van der Waals surface area (Å²) in [5, 5.41) is 0. The molecule has 1 aromatic carbocycles. The van der Waals surface area contributed by atoms with Crippen LogP contribution in [0.3, 0.4) is 0 Å². The number of rotatable bonds is 5. The molecule has 0 unspecified atom stereocenters. The summed E-state index contributed by atoms with van der Waals surface area (Å²) in [4.78, 5) is 27.8. The minimum Gasteiger partial charge on any atom is -0.382 e. The van der Waals surface area contributed by atoms with Gasteiger partial charge in [0.1, 0.15) is 11.3 Å². The molecular formula is C24H23F3N6O. The van der Waals surface area contributed by atoms with Crippen molar-refractivity contribution in [2.75, 3.05) is 12.3 Å². The van der Waals surface area contributed by atoms with Crippen molar-refractivity contribution in [1.82, 2.24) is 24.3 Å². The van der Waals surface area contributed by atoms with E-state index in [1.807, 2.05) is 0 Å². The van der Waals surface area contributed by atoms with E-state index in [4.69, 9.17) is 5.73 Å². The molecule has 0 bridgehead atoms. The smallest absolute Gasteiger partial charge is 0.382 e. The van der Waals surface area contributed by atoms with Gasteiger partial charge in [-0.1, -0.05) is 12.8 Å². The molecule has 2 N–H and O–H groups in total. The number of nitrogens with two attached hydrogens (primary N) is 1. The Kier molecular flexibility index (Phi) is 5.59. The molecule has 1 aliphatic carbocycles. The SMILES string of the molecule is Nc1nc2ccc(C(=O)N(Cc3ccc(C(F)(F)F)cn3)CC3CCCC3)cc2n2cncc12. The van der Waals surface area contributed by atoms with Crippen LogP contribution in [0.5, 0.6) is 0 Å². The molecule has 10 heteroatoms. The van der Waals surface area contributed by atoms with E-state index in [1.54, 1.807) is 40.0 Å². The highest BCUT2D eigenvalue weighted by Crippen LogP contribution is 2.30. The first-order valence-corrected chi connectivity index (χ1v) is 11.1. The van der Waals surface area contributed by atoms with Gasteiger partial charge >= 0.3 is 6.18 Å². The molecule has 7 nitrogen and oxygen atoms in total. The first-order chi connectivity index (χ1) is 16.3. The number of amides is 1. The van der Waals surface area contributed by atoms with Gasteiger partial charge in [0, 0.05) is 18.3 Å². The normalized spacial score (nSPS) is 14.8. The topological polar surface area (TPSA) is 89.4 Å². The van der Waals surface area contributed by atoms with E-state index in [0.717, 1.165) is 37.9 Å². The van der Waals surface area contributed by atoms with Gasteiger partial charge in [-0.2, -0.15) is 13.2 Å². The summed E-state index contributed by atoms with van der Waals surface area (Å²) in [6.45, 7) is 0.659. The number of aromatic nitrogens is 4. The molecule has 34 heavy (non-hydrogen) atoms. The summed E-state index contributed by atoms with van der Waals surface area (Å²) in [7, 11) is 0. The average molecular weight is 468 g/mol. The third-order valence-electron chi connectivity index (χ3n) is 6.37. The van der Waals surface area contributed by atoms with Gasteiger partial charge in [0.2, 0.25) is 0 Å². The number of carbonyl (C=O) groups is 1. The van der Waals surface area contributed by atoms with Crippen LogP contribution < -0.4 is 5.73 Å². The van der Waals surface area contributed by atoms with E-state index in [1.165, 1.54) is 6.07 Å². The number of carbonyl (C=O) groups excluding carboxylic acids is 1. The summed E-state index contributed by atoms with van der Waals surface area (Å²) >= 11 is 0. The largest absolute Gasteiger partial charge is 0.417 e. The Morgan fingerprint density at radius 1 is 1.12 bits per heavy atom. The van der Waals surface area contributed by atoms with Gasteiger partial charge in [0.05, 0.1) is 41.4 Å². The maximum Gasteiger partial charge on any atom is 0.417 e. The highest BCUT2D eigenvalue weighted by Gasteiger charge is 2.31. The van der Waals surface area contributed by atoms with Crippen LogP contribution in [0.4, 0.5) is 19.0 Å². The summed E-state index contributed by atoms with van der Waals surface area (Å²) in [5.41, 5.74) is 8.03. The number of nitrogens with zero attached hydrogens (tertiary/aromatic N) is 5. The number of halogens is 3. The second-order valence-electron chi connectivity index (χ2n) is 8.72. The molecule has 0 saturated heterocycles. The minimum absolute atomic E-state index is 0.131. The maximum atomic E-state index is 13.6. The van der Waals surface area contributed by atoms with Gasteiger partial charge in [0.15, 0.2) is 0 Å². The number of nitrogen functional groups attached to an aromatic ring is 1. The molecule has 4 aromatic rings. The van der Waals surface area contributed by atoms with Crippen LogP contribution in [0, 0.1) is 5.92 Å². The van der Waals surface area contributed by atoms with Crippen molar-refractivity contribution in [1.29, 1.82) is 0 Å². The number of benzene rings is 1. The van der Waals surface area contributed by atoms with E-state index >= 15 is 0 Å². The van der Waals surface area contributed by atoms with E-state index in [-0.39, 0.29) is 12.5 Å². The Hall–Kier alpha value is -3.69. The Balaban J connectivity index is 1.47. The number of pyridine rings is 1. The van der Waals surface area contributed by atoms with Gasteiger partial charge in [-0.25, -0.2) is 9.97 Å². The van der Waals surface area contributed by atoms with E-state index in [0.29, 0.717) is 46.1 Å². The third-order valence-corrected chi connectivity index (χ3v) is 6.37. The number of hydrogen-bond donors (Lipinski definition) is 1. The Labute approximate surface area is 193 Å². The Morgan fingerprint density at radius 3 is 2.62 bits per heavy atom. The van der Waals surface area contributed by atoms with Crippen LogP contribution in [-0.4, -0.2) is 36.7 Å². The van der Waals surface area contributed by atoms with Crippen LogP contribution >= 0.6 is 0 Å². The molecule has 0 spiro atoms. The van der Waals surface area contributed by atoms with Crippen molar-refractivity contribution < 1.29 is 18.0 Å². The molecule has 0 aliphatic heterocycles. The molecule has 0 radical (unpaired) electrons. The third kappa shape index (κ3) is 4.27. The number of fused-ring (bicyclic) bond motifs is 3. The van der Waals surface area contributed by atoms with Crippen molar-refractivity contribution in [2.45, 2.75) is 38.4 Å². The molecule has 1 amide bonds. The number of alkyl halides is 3. The van der Waals surface area contributed by atoms with Crippen molar-refractivity contribution in [3.8, 4) is 0 Å². The monoisotopic (exact) mass is 468 g/mol. The van der Waals surface area contributed by atoms with Crippen LogP contribution in [0.25, 0.3) is 16.6 Å². The summed E-state index contributed by atoms with van der Waals surface area (Å²) in [6, 6.07) is 7.52. The summed E-state index contributed by atoms with van der Waals surface area (Å²) < 4.78 is 40.5. The molecular weight excluding hydrogens is 445 g/mol. The fraction of sp³-hybridized carbons (Fsp3) is 0.333. The molecule has 5 rings (SSSR count). The van der Waals surface area contributed by atoms with E-state index in [9.17, 15) is 18.0 Å². The van der Waals surface area contributed by atoms with Crippen molar-refractivity contribution in [3.05, 3.63) is 65.9 Å². The predicted molar refractivity (Wildman–Crippen MR) is 121 cm³/mol. The highest BCUT2D eigenvalue weighted by molar-refractivity contribution is 5.98. The van der Waals surface area contributed by atoms with Crippen LogP contribution in [0.1, 0.15) is 47.3 Å². The molecule has 1 fully saturated rings. The molecule has 176 valence electrons. The maximum absolute atomic E-state index is 13.6. The van der Waals surface area contributed by atoms with Crippen molar-refractivity contribution in [2.24, 2.45) is 5.92 Å². The van der Waals surface area contributed by atoms with Crippen molar-refractivity contribution in [3.63, 3.8) is 0 Å². The molecule has 3 aromatic heterocycles. The molecule has 3 heterocycles. The zero-order chi connectivity index (χ0) is 23.9. The highest BCUT2D eigenvalue weighted by atomic mass is 19.4.